The van der Waals surface area contributed by atoms with Gasteiger partial charge in [-0.05, 0) is 196 Å². The summed E-state index contributed by atoms with van der Waals surface area (Å²) in [6, 6.07) is 114. The van der Waals surface area contributed by atoms with Crippen molar-refractivity contribution in [3.05, 3.63) is 309 Å². The Morgan fingerprint density at radius 1 is 0.319 bits per heavy atom. The predicted octanol–water partition coefficient (Wildman–Crippen LogP) is 21.6. The number of fused-ring (bicyclic) bond motifs is 13. The Hall–Kier alpha value is -11.4. The molecule has 0 N–H and O–H groups in total. The number of aromatic nitrogens is 1. The van der Waals surface area contributed by atoms with Gasteiger partial charge in [0.25, 0.3) is 6.71 Å². The van der Waals surface area contributed by atoms with Gasteiger partial charge in [0.05, 0.1) is 16.7 Å². The summed E-state index contributed by atoms with van der Waals surface area (Å²) in [6.45, 7) is 6.97. The quantitative estimate of drug-likeness (QED) is 0.117. The average Bonchev–Trinajstić information content (AvgIpc) is 1.22. The summed E-state index contributed by atoms with van der Waals surface area (Å²) in [4.78, 5) is 7.77. The van der Waals surface area contributed by atoms with Crippen LogP contribution in [0.4, 0.5) is 51.2 Å². The molecule has 0 unspecified atom stereocenters. The fourth-order valence-electron chi connectivity index (χ4n) is 15.7. The summed E-state index contributed by atoms with van der Waals surface area (Å²) >= 11 is 0. The molecular weight excluding hydrogens is 1100 g/mol. The molecule has 0 fully saturated rings. The van der Waals surface area contributed by atoms with Gasteiger partial charge in [-0.1, -0.05) is 221 Å². The fourth-order valence-corrected chi connectivity index (χ4v) is 15.7. The van der Waals surface area contributed by atoms with E-state index in [2.05, 4.69) is 343 Å². The van der Waals surface area contributed by atoms with Gasteiger partial charge in [-0.25, -0.2) is 0 Å². The lowest BCUT2D eigenvalue weighted by molar-refractivity contribution is 0.590. The van der Waals surface area contributed by atoms with Crippen molar-refractivity contribution >= 4 is 139 Å². The third kappa shape index (κ3) is 7.77. The van der Waals surface area contributed by atoms with Gasteiger partial charge in [0.1, 0.15) is 0 Å². The molecule has 91 heavy (non-hydrogen) atoms. The number of para-hydroxylation sites is 3. The molecule has 16 aromatic rings. The molecule has 0 atom stereocenters. The van der Waals surface area contributed by atoms with Crippen molar-refractivity contribution in [2.24, 2.45) is 0 Å². The number of rotatable bonds is 7. The maximum Gasteiger partial charge on any atom is 0.252 e. The second-order valence-corrected chi connectivity index (χ2v) is 26.0. The molecule has 0 saturated carbocycles. The van der Waals surface area contributed by atoms with E-state index < -0.39 is 0 Å². The molecule has 15 aromatic carbocycles. The summed E-state index contributed by atoms with van der Waals surface area (Å²) in [5, 5.41) is 12.4. The minimum absolute atomic E-state index is 0.154. The maximum atomic E-state index is 2.67. The molecule has 4 nitrogen and oxygen atoms in total. The van der Waals surface area contributed by atoms with Crippen molar-refractivity contribution in [3.8, 4) is 39.1 Å². The highest BCUT2D eigenvalue weighted by molar-refractivity contribution is 7.00. The molecule has 19 rings (SSSR count). The Morgan fingerprint density at radius 2 is 0.846 bits per heavy atom. The third-order valence-corrected chi connectivity index (χ3v) is 19.9. The summed E-state index contributed by atoms with van der Waals surface area (Å²) in [5.41, 5.74) is 26.0. The normalized spacial score (nSPS) is 12.9. The summed E-state index contributed by atoms with van der Waals surface area (Å²) in [6.07, 6.45) is 0. The van der Waals surface area contributed by atoms with Crippen LogP contribution in [0.1, 0.15) is 26.3 Å². The molecule has 1 aliphatic carbocycles. The van der Waals surface area contributed by atoms with E-state index in [0.29, 0.717) is 0 Å². The molecule has 426 valence electrons. The SMILES string of the molecule is CC(C)(C)c1cc2c3c(c1)N(c1c4ccccc4cc4ccccc14)c1cc(-n4c5ccccc5c5ccccc54)ccc1B3c1ccc(N(c3ccccc3)c3cc4c5c(cccc5c3)-c3cc5ccccc5cc3-4)cc1N2c1ccc(-c2ccccc2)cc1. The van der Waals surface area contributed by atoms with Crippen molar-refractivity contribution in [2.75, 3.05) is 14.7 Å². The highest BCUT2D eigenvalue weighted by Crippen LogP contribution is 2.54. The number of hydrogen-bond donors (Lipinski definition) is 0. The first-order chi connectivity index (χ1) is 44.8. The lowest BCUT2D eigenvalue weighted by Gasteiger charge is -2.46. The summed E-state index contributed by atoms with van der Waals surface area (Å²) in [5.74, 6) is 0. The molecular formula is C86H59BN4. The van der Waals surface area contributed by atoms with E-state index in [1.54, 1.807) is 0 Å². The number of anilines is 9. The minimum Gasteiger partial charge on any atom is -0.311 e. The van der Waals surface area contributed by atoms with Crippen molar-refractivity contribution < 1.29 is 0 Å². The van der Waals surface area contributed by atoms with E-state index in [-0.39, 0.29) is 12.1 Å². The standard InChI is InChI=1S/C86H59BN4/c1-86(2,3)61-49-81-84-82(50-61)91(85-67-30-14-12-25-58(67)45-59-26-13-15-31-68(59)85)80-53-65(90-77-35-18-16-32-69(77)70-33-17-19-36-78(70)90)42-44-76(80)87(84)75-43-41-64(52-79(75)89(81)63-39-37-55(38-40-63)54-21-6-4-7-22-54)88(62-28-8-5-9-29-62)66-46-60-27-20-34-71-72-47-56-23-10-11-24-57(56)48-73(72)74(51-66)83(60)71/h4-53H,1-3H3. The zero-order chi connectivity index (χ0) is 60.2. The van der Waals surface area contributed by atoms with E-state index >= 15 is 0 Å². The lowest BCUT2D eigenvalue weighted by Crippen LogP contribution is -2.61. The third-order valence-electron chi connectivity index (χ3n) is 19.9. The van der Waals surface area contributed by atoms with Gasteiger partial charge in [-0.15, -0.1) is 0 Å². The molecule has 3 heterocycles. The second kappa shape index (κ2) is 19.6. The van der Waals surface area contributed by atoms with Gasteiger partial charge in [0.2, 0.25) is 0 Å². The first-order valence-corrected chi connectivity index (χ1v) is 31.8. The van der Waals surface area contributed by atoms with E-state index in [1.807, 2.05) is 0 Å². The molecule has 0 radical (unpaired) electrons. The first-order valence-electron chi connectivity index (χ1n) is 31.8. The number of benzene rings is 15. The van der Waals surface area contributed by atoms with Crippen molar-refractivity contribution in [3.63, 3.8) is 0 Å². The smallest absolute Gasteiger partial charge is 0.252 e. The Kier molecular flexibility index (Phi) is 11.1. The van der Waals surface area contributed by atoms with Crippen LogP contribution in [-0.4, -0.2) is 11.3 Å². The second-order valence-electron chi connectivity index (χ2n) is 26.0. The van der Waals surface area contributed by atoms with Crippen molar-refractivity contribution in [2.45, 2.75) is 26.2 Å². The lowest BCUT2D eigenvalue weighted by atomic mass is 9.33. The zero-order valence-electron chi connectivity index (χ0n) is 50.7. The Balaban J connectivity index is 0.904. The molecule has 0 amide bonds. The van der Waals surface area contributed by atoms with Crippen molar-refractivity contribution in [1.29, 1.82) is 0 Å². The Bertz CT molecular complexity index is 5620. The molecule has 5 heteroatoms. The minimum atomic E-state index is -0.240. The van der Waals surface area contributed by atoms with Crippen LogP contribution in [0.5, 0.6) is 0 Å². The molecule has 2 aliphatic heterocycles. The van der Waals surface area contributed by atoms with Crippen LogP contribution >= 0.6 is 0 Å². The molecule has 3 aliphatic rings. The van der Waals surface area contributed by atoms with E-state index in [1.165, 1.54) is 143 Å². The van der Waals surface area contributed by atoms with Gasteiger partial charge in [-0.2, -0.15) is 0 Å². The highest BCUT2D eigenvalue weighted by Gasteiger charge is 2.45. The molecule has 0 saturated heterocycles. The molecule has 1 aromatic heterocycles. The van der Waals surface area contributed by atoms with Crippen molar-refractivity contribution in [1.82, 2.24) is 4.57 Å². The summed E-state index contributed by atoms with van der Waals surface area (Å²) < 4.78 is 2.48. The monoisotopic (exact) mass is 1160 g/mol. The number of hydrogen-bond acceptors (Lipinski definition) is 3. The van der Waals surface area contributed by atoms with Gasteiger partial charge >= 0.3 is 0 Å². The van der Waals surface area contributed by atoms with Gasteiger partial charge in [0, 0.05) is 72.7 Å². The van der Waals surface area contributed by atoms with Crippen LogP contribution in [0.15, 0.2) is 303 Å². The Morgan fingerprint density at radius 3 is 1.51 bits per heavy atom. The van der Waals surface area contributed by atoms with Crippen LogP contribution < -0.4 is 31.1 Å². The largest absolute Gasteiger partial charge is 0.311 e. The number of nitrogens with zero attached hydrogens (tertiary/aromatic N) is 4. The van der Waals surface area contributed by atoms with Gasteiger partial charge in [0.15, 0.2) is 0 Å². The van der Waals surface area contributed by atoms with Crippen LogP contribution in [0.3, 0.4) is 0 Å². The predicted molar refractivity (Wildman–Crippen MR) is 388 cm³/mol. The van der Waals surface area contributed by atoms with Crippen LogP contribution in [0.2, 0.25) is 0 Å². The van der Waals surface area contributed by atoms with E-state index in [4.69, 9.17) is 0 Å². The van der Waals surface area contributed by atoms with Crippen LogP contribution in [0.25, 0.3) is 104 Å². The first kappa shape index (κ1) is 51.6. The highest BCUT2D eigenvalue weighted by atomic mass is 15.2. The fraction of sp³-hybridized carbons (Fsp3) is 0.0465. The van der Waals surface area contributed by atoms with E-state index in [0.717, 1.165) is 34.1 Å². The maximum absolute atomic E-state index is 2.67. The van der Waals surface area contributed by atoms with Crippen LogP contribution in [-0.2, 0) is 5.41 Å². The average molecular weight is 1160 g/mol. The molecule has 0 bridgehead atoms. The Labute approximate surface area is 529 Å². The van der Waals surface area contributed by atoms with E-state index in [9.17, 15) is 0 Å². The zero-order valence-corrected chi connectivity index (χ0v) is 50.7. The van der Waals surface area contributed by atoms with Gasteiger partial charge in [-0.3, -0.25) is 0 Å². The molecule has 0 spiro atoms. The summed E-state index contributed by atoms with van der Waals surface area (Å²) in [7, 11) is 0. The van der Waals surface area contributed by atoms with Crippen LogP contribution in [0, 0.1) is 0 Å². The topological polar surface area (TPSA) is 14.7 Å². The van der Waals surface area contributed by atoms with Gasteiger partial charge < -0.3 is 19.3 Å².